The van der Waals surface area contributed by atoms with E-state index in [4.69, 9.17) is 9.47 Å². The summed E-state index contributed by atoms with van der Waals surface area (Å²) in [4.78, 5) is 2.40. The molecular formula is C15H22N2O2. The molecule has 0 saturated carbocycles. The quantitative estimate of drug-likeness (QED) is 0.905. The van der Waals surface area contributed by atoms with Crippen LogP contribution in [0.3, 0.4) is 0 Å². The van der Waals surface area contributed by atoms with E-state index in [0.29, 0.717) is 13.2 Å². The number of anilines is 1. The standard InChI is InChI=1S/C15H22N2O2/c1-17-6-4-12(5-7-17)11-16-13-2-3-14-15(10-13)19-9-8-18-14/h2-3,10,12,16H,4-9,11H2,1H3. The second-order valence-electron chi connectivity index (χ2n) is 5.49. The molecule has 4 nitrogen and oxygen atoms in total. The molecule has 2 aliphatic heterocycles. The Bertz CT molecular complexity index is 428. The lowest BCUT2D eigenvalue weighted by Gasteiger charge is -2.29. The molecule has 0 radical (unpaired) electrons. The van der Waals surface area contributed by atoms with E-state index in [1.165, 1.54) is 25.9 Å². The number of fused-ring (bicyclic) bond motifs is 1. The van der Waals surface area contributed by atoms with Crippen molar-refractivity contribution in [3.63, 3.8) is 0 Å². The number of hydrogen-bond acceptors (Lipinski definition) is 4. The molecule has 1 fully saturated rings. The summed E-state index contributed by atoms with van der Waals surface area (Å²) in [5, 5.41) is 3.53. The summed E-state index contributed by atoms with van der Waals surface area (Å²) < 4.78 is 11.1. The van der Waals surface area contributed by atoms with Gasteiger partial charge in [0.1, 0.15) is 13.2 Å². The van der Waals surface area contributed by atoms with Crippen LogP contribution in [0.5, 0.6) is 11.5 Å². The lowest BCUT2D eigenvalue weighted by Crippen LogP contribution is -2.32. The smallest absolute Gasteiger partial charge is 0.163 e. The van der Waals surface area contributed by atoms with Crippen molar-refractivity contribution in [3.8, 4) is 11.5 Å². The molecule has 2 aliphatic rings. The molecule has 2 heterocycles. The first kappa shape index (κ1) is 12.6. The number of nitrogens with one attached hydrogen (secondary N) is 1. The Balaban J connectivity index is 1.55. The minimum atomic E-state index is 0.644. The summed E-state index contributed by atoms with van der Waals surface area (Å²) in [7, 11) is 2.20. The van der Waals surface area contributed by atoms with Crippen LogP contribution in [0.25, 0.3) is 0 Å². The second kappa shape index (κ2) is 5.70. The summed E-state index contributed by atoms with van der Waals surface area (Å²) in [5.41, 5.74) is 1.13. The van der Waals surface area contributed by atoms with Crippen LogP contribution in [-0.4, -0.2) is 44.8 Å². The zero-order chi connectivity index (χ0) is 13.1. The molecule has 1 aromatic carbocycles. The van der Waals surface area contributed by atoms with Crippen LogP contribution in [0.1, 0.15) is 12.8 Å². The molecule has 0 atom stereocenters. The van der Waals surface area contributed by atoms with Gasteiger partial charge in [-0.25, -0.2) is 0 Å². The van der Waals surface area contributed by atoms with Gasteiger partial charge in [-0.1, -0.05) is 0 Å². The van der Waals surface area contributed by atoms with Crippen LogP contribution >= 0.6 is 0 Å². The fourth-order valence-electron chi connectivity index (χ4n) is 2.68. The predicted molar refractivity (Wildman–Crippen MR) is 76.1 cm³/mol. The van der Waals surface area contributed by atoms with Gasteiger partial charge < -0.3 is 19.7 Å². The van der Waals surface area contributed by atoms with Crippen LogP contribution < -0.4 is 14.8 Å². The van der Waals surface area contributed by atoms with Gasteiger partial charge >= 0.3 is 0 Å². The van der Waals surface area contributed by atoms with Gasteiger partial charge in [-0.3, -0.25) is 0 Å². The predicted octanol–water partition coefficient (Wildman–Crippen LogP) is 2.21. The monoisotopic (exact) mass is 262 g/mol. The average molecular weight is 262 g/mol. The summed E-state index contributed by atoms with van der Waals surface area (Å²) >= 11 is 0. The highest BCUT2D eigenvalue weighted by atomic mass is 16.6. The lowest BCUT2D eigenvalue weighted by atomic mass is 9.97. The second-order valence-corrected chi connectivity index (χ2v) is 5.49. The highest BCUT2D eigenvalue weighted by Gasteiger charge is 2.17. The third kappa shape index (κ3) is 3.13. The Labute approximate surface area is 114 Å². The van der Waals surface area contributed by atoms with Crippen LogP contribution in [0.4, 0.5) is 5.69 Å². The van der Waals surface area contributed by atoms with Gasteiger partial charge in [0.2, 0.25) is 0 Å². The van der Waals surface area contributed by atoms with Gasteiger partial charge in [-0.05, 0) is 51.0 Å². The van der Waals surface area contributed by atoms with E-state index in [2.05, 4.69) is 23.3 Å². The largest absolute Gasteiger partial charge is 0.486 e. The molecule has 0 bridgehead atoms. The Kier molecular flexibility index (Phi) is 3.78. The van der Waals surface area contributed by atoms with E-state index in [1.54, 1.807) is 0 Å². The molecule has 0 spiro atoms. The van der Waals surface area contributed by atoms with E-state index in [0.717, 1.165) is 29.6 Å². The normalized spacial score (nSPS) is 20.3. The maximum Gasteiger partial charge on any atom is 0.163 e. The maximum atomic E-state index is 5.60. The van der Waals surface area contributed by atoms with Gasteiger partial charge in [0.15, 0.2) is 11.5 Å². The summed E-state index contributed by atoms with van der Waals surface area (Å²) in [5.74, 6) is 2.50. The Morgan fingerprint density at radius 1 is 1.16 bits per heavy atom. The topological polar surface area (TPSA) is 33.7 Å². The Morgan fingerprint density at radius 3 is 2.68 bits per heavy atom. The first-order chi connectivity index (χ1) is 9.31. The summed E-state index contributed by atoms with van der Waals surface area (Å²) in [6.45, 7) is 4.77. The van der Waals surface area contributed by atoms with Gasteiger partial charge in [0.05, 0.1) is 0 Å². The highest BCUT2D eigenvalue weighted by Crippen LogP contribution is 2.32. The number of likely N-dealkylation sites (tertiary alicyclic amines) is 1. The van der Waals surface area contributed by atoms with Crippen LogP contribution in [0.2, 0.25) is 0 Å². The maximum absolute atomic E-state index is 5.60. The van der Waals surface area contributed by atoms with Crippen molar-refractivity contribution >= 4 is 5.69 Å². The van der Waals surface area contributed by atoms with Gasteiger partial charge in [0.25, 0.3) is 0 Å². The van der Waals surface area contributed by atoms with Crippen molar-refractivity contribution in [2.75, 3.05) is 45.2 Å². The van der Waals surface area contributed by atoms with Gasteiger partial charge in [0, 0.05) is 18.3 Å². The van der Waals surface area contributed by atoms with E-state index in [9.17, 15) is 0 Å². The minimum absolute atomic E-state index is 0.644. The zero-order valence-corrected chi connectivity index (χ0v) is 11.5. The fourth-order valence-corrected chi connectivity index (χ4v) is 2.68. The molecular weight excluding hydrogens is 240 g/mol. The SMILES string of the molecule is CN1CCC(CNc2ccc3c(c2)OCCO3)CC1. The van der Waals surface area contributed by atoms with Crippen molar-refractivity contribution in [2.45, 2.75) is 12.8 Å². The van der Waals surface area contributed by atoms with Crippen molar-refractivity contribution < 1.29 is 9.47 Å². The lowest BCUT2D eigenvalue weighted by molar-refractivity contribution is 0.171. The molecule has 3 rings (SSSR count). The Hall–Kier alpha value is -1.42. The molecule has 4 heteroatoms. The van der Waals surface area contributed by atoms with E-state index in [-0.39, 0.29) is 0 Å². The number of rotatable bonds is 3. The molecule has 104 valence electrons. The number of benzene rings is 1. The van der Waals surface area contributed by atoms with Crippen molar-refractivity contribution in [1.29, 1.82) is 0 Å². The Morgan fingerprint density at radius 2 is 1.89 bits per heavy atom. The third-order valence-corrected chi connectivity index (χ3v) is 3.98. The van der Waals surface area contributed by atoms with Crippen LogP contribution in [-0.2, 0) is 0 Å². The average Bonchev–Trinajstić information content (AvgIpc) is 2.46. The third-order valence-electron chi connectivity index (χ3n) is 3.98. The molecule has 1 saturated heterocycles. The van der Waals surface area contributed by atoms with Gasteiger partial charge in [-0.15, -0.1) is 0 Å². The molecule has 0 aromatic heterocycles. The minimum Gasteiger partial charge on any atom is -0.486 e. The van der Waals surface area contributed by atoms with E-state index < -0.39 is 0 Å². The molecule has 19 heavy (non-hydrogen) atoms. The number of piperidine rings is 1. The molecule has 0 aliphatic carbocycles. The van der Waals surface area contributed by atoms with Crippen LogP contribution in [0.15, 0.2) is 18.2 Å². The fraction of sp³-hybridized carbons (Fsp3) is 0.600. The van der Waals surface area contributed by atoms with Gasteiger partial charge in [-0.2, -0.15) is 0 Å². The van der Waals surface area contributed by atoms with E-state index in [1.807, 2.05) is 12.1 Å². The number of ether oxygens (including phenoxy) is 2. The van der Waals surface area contributed by atoms with Crippen LogP contribution in [0, 0.1) is 5.92 Å². The summed E-state index contributed by atoms with van der Waals surface area (Å²) in [6, 6.07) is 6.11. The first-order valence-electron chi connectivity index (χ1n) is 7.13. The number of nitrogens with zero attached hydrogens (tertiary/aromatic N) is 1. The first-order valence-corrected chi connectivity index (χ1v) is 7.13. The molecule has 1 aromatic rings. The van der Waals surface area contributed by atoms with Crippen molar-refractivity contribution in [3.05, 3.63) is 18.2 Å². The molecule has 1 N–H and O–H groups in total. The highest BCUT2D eigenvalue weighted by molar-refractivity contribution is 5.55. The summed E-state index contributed by atoms with van der Waals surface area (Å²) in [6.07, 6.45) is 2.57. The van der Waals surface area contributed by atoms with E-state index >= 15 is 0 Å². The molecule has 0 amide bonds. The zero-order valence-electron chi connectivity index (χ0n) is 11.5. The van der Waals surface area contributed by atoms with Crippen molar-refractivity contribution in [2.24, 2.45) is 5.92 Å². The number of hydrogen-bond donors (Lipinski definition) is 1. The molecule has 0 unspecified atom stereocenters. The van der Waals surface area contributed by atoms with Crippen molar-refractivity contribution in [1.82, 2.24) is 4.90 Å².